The fourth-order valence-corrected chi connectivity index (χ4v) is 2.93. The van der Waals surface area contributed by atoms with Crippen molar-refractivity contribution in [3.05, 3.63) is 51.3 Å². The van der Waals surface area contributed by atoms with Gasteiger partial charge in [-0.3, -0.25) is 4.79 Å². The van der Waals surface area contributed by atoms with Gasteiger partial charge in [0.05, 0.1) is 17.6 Å². The van der Waals surface area contributed by atoms with Crippen molar-refractivity contribution in [3.8, 4) is 5.75 Å². The van der Waals surface area contributed by atoms with Crippen LogP contribution in [0.25, 0.3) is 21.7 Å². The molecule has 0 aliphatic carbocycles. The van der Waals surface area contributed by atoms with Crippen molar-refractivity contribution in [1.29, 1.82) is 0 Å². The summed E-state index contributed by atoms with van der Waals surface area (Å²) >= 11 is 6.43. The summed E-state index contributed by atoms with van der Waals surface area (Å²) in [6.07, 6.45) is 0. The van der Waals surface area contributed by atoms with Crippen LogP contribution in [0.2, 0.25) is 5.02 Å². The lowest BCUT2D eigenvalue weighted by Crippen LogP contribution is -2.06. The summed E-state index contributed by atoms with van der Waals surface area (Å²) in [6.45, 7) is 1.87. The highest BCUT2D eigenvalue weighted by atomic mass is 35.5. The number of hydrogen-bond acceptors (Lipinski definition) is 2. The van der Waals surface area contributed by atoms with Crippen LogP contribution in [0.15, 0.2) is 35.1 Å². The van der Waals surface area contributed by atoms with Crippen molar-refractivity contribution in [2.45, 2.75) is 6.92 Å². The topological polar surface area (TPSA) is 42.1 Å². The Hall–Kier alpha value is -2.00. The molecule has 0 bridgehead atoms. The molecule has 0 unspecified atom stereocenters. The molecule has 96 valence electrons. The Morgan fingerprint density at radius 3 is 2.58 bits per heavy atom. The second-order valence-corrected chi connectivity index (χ2v) is 4.84. The van der Waals surface area contributed by atoms with Crippen molar-refractivity contribution in [2.75, 3.05) is 7.11 Å². The van der Waals surface area contributed by atoms with Crippen LogP contribution in [0.1, 0.15) is 5.56 Å². The maximum Gasteiger partial charge on any atom is 0.248 e. The summed E-state index contributed by atoms with van der Waals surface area (Å²) in [5, 5.41) is 3.19. The zero-order valence-corrected chi connectivity index (χ0v) is 11.3. The minimum absolute atomic E-state index is 0.128. The van der Waals surface area contributed by atoms with E-state index < -0.39 is 0 Å². The van der Waals surface area contributed by atoms with E-state index in [-0.39, 0.29) is 5.56 Å². The van der Waals surface area contributed by atoms with Gasteiger partial charge in [-0.15, -0.1) is 0 Å². The highest BCUT2D eigenvalue weighted by Crippen LogP contribution is 2.40. The van der Waals surface area contributed by atoms with E-state index in [1.54, 1.807) is 13.2 Å². The van der Waals surface area contributed by atoms with Gasteiger partial charge in [-0.25, -0.2) is 0 Å². The standard InChI is InChI=1S/C15H12ClNO2/c1-8-7-11(18)17-14-9-5-3-4-6-10(9)15(19-2)13(16)12(8)14/h3-7H,1-2H3,(H,17,18). The van der Waals surface area contributed by atoms with Gasteiger partial charge in [0, 0.05) is 22.2 Å². The van der Waals surface area contributed by atoms with E-state index in [9.17, 15) is 4.79 Å². The van der Waals surface area contributed by atoms with Crippen molar-refractivity contribution >= 4 is 33.3 Å². The number of nitrogens with one attached hydrogen (secondary N) is 1. The minimum atomic E-state index is -0.128. The maximum absolute atomic E-state index is 11.7. The number of H-pyrrole nitrogens is 1. The van der Waals surface area contributed by atoms with Crippen molar-refractivity contribution in [2.24, 2.45) is 0 Å². The molecule has 0 amide bonds. The molecular formula is C15H12ClNO2. The van der Waals surface area contributed by atoms with Gasteiger partial charge in [0.15, 0.2) is 0 Å². The summed E-state index contributed by atoms with van der Waals surface area (Å²) in [7, 11) is 1.60. The SMILES string of the molecule is COc1c(Cl)c2c(C)cc(=O)[nH]c2c2ccccc12. The molecule has 3 rings (SSSR count). The lowest BCUT2D eigenvalue weighted by atomic mass is 10.0. The predicted octanol–water partition coefficient (Wildman–Crippen LogP) is 3.65. The van der Waals surface area contributed by atoms with Gasteiger partial charge >= 0.3 is 0 Å². The number of benzene rings is 2. The molecule has 4 heteroatoms. The number of aromatic amines is 1. The van der Waals surface area contributed by atoms with Crippen LogP contribution >= 0.6 is 11.6 Å². The first kappa shape index (κ1) is 12.1. The summed E-state index contributed by atoms with van der Waals surface area (Å²) in [5.74, 6) is 0.639. The van der Waals surface area contributed by atoms with Crippen LogP contribution in [0, 0.1) is 6.92 Å². The zero-order chi connectivity index (χ0) is 13.6. The Morgan fingerprint density at radius 1 is 1.21 bits per heavy atom. The summed E-state index contributed by atoms with van der Waals surface area (Å²) in [6, 6.07) is 9.27. The van der Waals surface area contributed by atoms with Gasteiger partial charge in [-0.1, -0.05) is 35.9 Å². The molecule has 0 saturated carbocycles. The molecular weight excluding hydrogens is 262 g/mol. The molecule has 0 atom stereocenters. The van der Waals surface area contributed by atoms with Gasteiger partial charge in [-0.05, 0) is 12.5 Å². The van der Waals surface area contributed by atoms with Gasteiger partial charge in [0.2, 0.25) is 5.56 Å². The lowest BCUT2D eigenvalue weighted by molar-refractivity contribution is 0.420. The number of halogens is 1. The number of hydrogen-bond donors (Lipinski definition) is 1. The normalized spacial score (nSPS) is 11.1. The Balaban J connectivity index is 2.70. The average molecular weight is 274 g/mol. The zero-order valence-electron chi connectivity index (χ0n) is 10.6. The third-order valence-corrected chi connectivity index (χ3v) is 3.66. The van der Waals surface area contributed by atoms with Gasteiger partial charge in [0.1, 0.15) is 5.75 Å². The molecule has 1 N–H and O–H groups in total. The molecule has 0 fully saturated rings. The van der Waals surface area contributed by atoms with Crippen LogP contribution in [-0.2, 0) is 0 Å². The van der Waals surface area contributed by atoms with Crippen molar-refractivity contribution in [1.82, 2.24) is 4.98 Å². The minimum Gasteiger partial charge on any atom is -0.495 e. The molecule has 0 aliphatic heterocycles. The number of aryl methyl sites for hydroxylation is 1. The second kappa shape index (κ2) is 4.28. The molecule has 0 aliphatic rings. The van der Waals surface area contributed by atoms with Gasteiger partial charge < -0.3 is 9.72 Å². The third-order valence-electron chi connectivity index (χ3n) is 3.30. The van der Waals surface area contributed by atoms with E-state index in [1.807, 2.05) is 31.2 Å². The smallest absolute Gasteiger partial charge is 0.248 e. The molecule has 3 nitrogen and oxygen atoms in total. The van der Waals surface area contributed by atoms with E-state index in [0.29, 0.717) is 10.8 Å². The van der Waals surface area contributed by atoms with E-state index >= 15 is 0 Å². The summed E-state index contributed by atoms with van der Waals surface area (Å²) < 4.78 is 5.43. The first-order valence-electron chi connectivity index (χ1n) is 5.91. The van der Waals surface area contributed by atoms with Crippen LogP contribution in [-0.4, -0.2) is 12.1 Å². The molecule has 1 aromatic heterocycles. The molecule has 0 saturated heterocycles. The van der Waals surface area contributed by atoms with Gasteiger partial charge in [-0.2, -0.15) is 0 Å². The molecule has 0 spiro atoms. The van der Waals surface area contributed by atoms with Crippen molar-refractivity contribution in [3.63, 3.8) is 0 Å². The maximum atomic E-state index is 11.7. The van der Waals surface area contributed by atoms with Crippen LogP contribution < -0.4 is 10.3 Å². The Morgan fingerprint density at radius 2 is 1.89 bits per heavy atom. The van der Waals surface area contributed by atoms with Crippen molar-refractivity contribution < 1.29 is 4.74 Å². The average Bonchev–Trinajstić information content (AvgIpc) is 2.38. The Bertz CT molecular complexity index is 852. The van der Waals surface area contributed by atoms with Crippen LogP contribution in [0.3, 0.4) is 0 Å². The summed E-state index contributed by atoms with van der Waals surface area (Å²) in [5.41, 5.74) is 1.47. The molecule has 19 heavy (non-hydrogen) atoms. The fraction of sp³-hybridized carbons (Fsp3) is 0.133. The number of fused-ring (bicyclic) bond motifs is 3. The Labute approximate surface area is 114 Å². The largest absolute Gasteiger partial charge is 0.495 e. The molecule has 2 aromatic carbocycles. The van der Waals surface area contributed by atoms with Crippen LogP contribution in [0.5, 0.6) is 5.75 Å². The highest BCUT2D eigenvalue weighted by molar-refractivity contribution is 6.39. The molecule has 1 heterocycles. The fourth-order valence-electron chi connectivity index (χ4n) is 2.50. The first-order valence-corrected chi connectivity index (χ1v) is 6.29. The number of ether oxygens (including phenoxy) is 1. The molecule has 3 aromatic rings. The lowest BCUT2D eigenvalue weighted by Gasteiger charge is -2.13. The second-order valence-electron chi connectivity index (χ2n) is 4.46. The molecule has 0 radical (unpaired) electrons. The first-order chi connectivity index (χ1) is 9.13. The summed E-state index contributed by atoms with van der Waals surface area (Å²) in [4.78, 5) is 14.6. The number of methoxy groups -OCH3 is 1. The monoisotopic (exact) mass is 273 g/mol. The van der Waals surface area contributed by atoms with E-state index in [0.717, 1.165) is 27.2 Å². The highest BCUT2D eigenvalue weighted by Gasteiger charge is 2.15. The predicted molar refractivity (Wildman–Crippen MR) is 78.4 cm³/mol. The quantitative estimate of drug-likeness (QED) is 0.688. The number of pyridine rings is 1. The third kappa shape index (κ3) is 1.70. The van der Waals surface area contributed by atoms with E-state index in [4.69, 9.17) is 16.3 Å². The number of rotatable bonds is 1. The Kier molecular flexibility index (Phi) is 2.72. The number of aromatic nitrogens is 1. The van der Waals surface area contributed by atoms with E-state index in [1.165, 1.54) is 0 Å². The van der Waals surface area contributed by atoms with Gasteiger partial charge in [0.25, 0.3) is 0 Å². The van der Waals surface area contributed by atoms with E-state index in [2.05, 4.69) is 4.98 Å². The van der Waals surface area contributed by atoms with Crippen LogP contribution in [0.4, 0.5) is 0 Å².